The molecular formula is C16H9Cl2N3O3S2. The van der Waals surface area contributed by atoms with Crippen LogP contribution in [0.1, 0.15) is 19.3 Å². The first-order valence-corrected chi connectivity index (χ1v) is 9.37. The Balaban J connectivity index is 0.000000151. The van der Waals surface area contributed by atoms with Crippen LogP contribution in [0.25, 0.3) is 20.4 Å². The van der Waals surface area contributed by atoms with Gasteiger partial charge in [0, 0.05) is 12.4 Å². The minimum Gasteiger partial charge on any atom is -0.477 e. The number of carbonyl (C=O) groups is 2. The minimum atomic E-state index is -0.945. The fraction of sp³-hybridized carbons (Fsp3) is 0. The van der Waals surface area contributed by atoms with Crippen LogP contribution in [0.5, 0.6) is 0 Å². The second-order valence-corrected chi connectivity index (χ2v) is 7.82. The van der Waals surface area contributed by atoms with Crippen molar-refractivity contribution in [3.05, 3.63) is 56.5 Å². The highest BCUT2D eigenvalue weighted by Gasteiger charge is 2.11. The summed E-state index contributed by atoms with van der Waals surface area (Å²) in [5, 5.41) is 9.86. The maximum Gasteiger partial charge on any atom is 0.345 e. The molecule has 0 aliphatic heterocycles. The van der Waals surface area contributed by atoms with Crippen molar-refractivity contribution in [3.63, 3.8) is 0 Å². The summed E-state index contributed by atoms with van der Waals surface area (Å²) < 4.78 is 1.53. The third kappa shape index (κ3) is 3.78. The van der Waals surface area contributed by atoms with Crippen molar-refractivity contribution in [1.29, 1.82) is 0 Å². The average Bonchev–Trinajstić information content (AvgIpc) is 3.21. The molecule has 6 nitrogen and oxygen atoms in total. The molecule has 1 amide bonds. The SMILES string of the molecule is NC(=O)c1cc2nccc(Cl)c2s1.O=C(O)c1cc2nccc(Cl)c2s1. The van der Waals surface area contributed by atoms with E-state index in [4.69, 9.17) is 34.0 Å². The molecule has 0 bridgehead atoms. The van der Waals surface area contributed by atoms with Gasteiger partial charge in [0.05, 0.1) is 35.4 Å². The first kappa shape index (κ1) is 18.5. The Hall–Kier alpha value is -2.26. The van der Waals surface area contributed by atoms with Gasteiger partial charge in [0.25, 0.3) is 5.91 Å². The Morgan fingerprint density at radius 1 is 0.923 bits per heavy atom. The van der Waals surface area contributed by atoms with E-state index in [2.05, 4.69) is 9.97 Å². The van der Waals surface area contributed by atoms with Gasteiger partial charge in [0.2, 0.25) is 0 Å². The van der Waals surface area contributed by atoms with E-state index < -0.39 is 11.9 Å². The molecule has 4 heterocycles. The second-order valence-electron chi connectivity index (χ2n) is 4.90. The molecule has 0 aliphatic rings. The summed E-state index contributed by atoms with van der Waals surface area (Å²) in [6.45, 7) is 0. The molecule has 0 atom stereocenters. The smallest absolute Gasteiger partial charge is 0.345 e. The molecule has 132 valence electrons. The molecule has 0 saturated heterocycles. The fourth-order valence-corrected chi connectivity index (χ4v) is 4.31. The number of nitrogens with two attached hydrogens (primary N) is 1. The van der Waals surface area contributed by atoms with Gasteiger partial charge in [-0.25, -0.2) is 4.79 Å². The molecule has 10 heteroatoms. The topological polar surface area (TPSA) is 106 Å². The van der Waals surface area contributed by atoms with Gasteiger partial charge in [0.15, 0.2) is 0 Å². The van der Waals surface area contributed by atoms with E-state index in [-0.39, 0.29) is 4.88 Å². The van der Waals surface area contributed by atoms with Crippen LogP contribution >= 0.6 is 45.9 Å². The van der Waals surface area contributed by atoms with Crippen molar-refractivity contribution in [2.24, 2.45) is 5.73 Å². The van der Waals surface area contributed by atoms with Crippen molar-refractivity contribution in [3.8, 4) is 0 Å². The highest BCUT2D eigenvalue weighted by Crippen LogP contribution is 2.30. The zero-order valence-corrected chi connectivity index (χ0v) is 15.9. The van der Waals surface area contributed by atoms with E-state index in [1.165, 1.54) is 17.4 Å². The molecule has 3 N–H and O–H groups in total. The summed E-state index contributed by atoms with van der Waals surface area (Å²) in [6.07, 6.45) is 3.16. The molecule has 0 aromatic carbocycles. The number of rotatable bonds is 2. The number of nitrogens with zero attached hydrogens (tertiary/aromatic N) is 2. The zero-order chi connectivity index (χ0) is 18.8. The van der Waals surface area contributed by atoms with Crippen LogP contribution in [0, 0.1) is 0 Å². The fourth-order valence-electron chi connectivity index (χ4n) is 2.04. The summed E-state index contributed by atoms with van der Waals surface area (Å²) in [5.74, 6) is -1.39. The zero-order valence-electron chi connectivity index (χ0n) is 12.8. The van der Waals surface area contributed by atoms with E-state index in [0.29, 0.717) is 26.0 Å². The standard InChI is InChI=1S/C8H5ClN2OS.C8H4ClNO2S/c9-4-1-2-11-5-3-6(8(10)12)13-7(4)5;9-4-1-2-10-5-3-6(8(11)12)13-7(4)5/h1-3H,(H2,10,12);1-3H,(H,11,12). The maximum absolute atomic E-state index is 10.8. The number of pyridine rings is 2. The second kappa shape index (κ2) is 7.55. The number of fused-ring (bicyclic) bond motifs is 2. The molecule has 0 spiro atoms. The van der Waals surface area contributed by atoms with E-state index in [0.717, 1.165) is 20.7 Å². The summed E-state index contributed by atoms with van der Waals surface area (Å²) in [7, 11) is 0. The number of thiophene rings is 2. The van der Waals surface area contributed by atoms with Crippen LogP contribution < -0.4 is 5.73 Å². The van der Waals surface area contributed by atoms with Crippen molar-refractivity contribution in [2.75, 3.05) is 0 Å². The third-order valence-corrected chi connectivity index (χ3v) is 6.35. The number of halogens is 2. The van der Waals surface area contributed by atoms with Gasteiger partial charge < -0.3 is 10.8 Å². The number of aromatic nitrogens is 2. The largest absolute Gasteiger partial charge is 0.477 e. The molecule has 0 aliphatic carbocycles. The molecule has 4 aromatic rings. The molecule has 26 heavy (non-hydrogen) atoms. The lowest BCUT2D eigenvalue weighted by Gasteiger charge is -1.88. The van der Waals surface area contributed by atoms with E-state index >= 15 is 0 Å². The average molecular weight is 426 g/mol. The van der Waals surface area contributed by atoms with Crippen molar-refractivity contribution >= 4 is 78.2 Å². The predicted octanol–water partition coefficient (Wildman–Crippen LogP) is 4.70. The van der Waals surface area contributed by atoms with Crippen LogP contribution in [0.2, 0.25) is 10.0 Å². The van der Waals surface area contributed by atoms with Crippen LogP contribution in [-0.2, 0) is 0 Å². The van der Waals surface area contributed by atoms with Gasteiger partial charge in [-0.1, -0.05) is 23.2 Å². The first-order chi connectivity index (χ1) is 12.4. The number of hydrogen-bond acceptors (Lipinski definition) is 6. The van der Waals surface area contributed by atoms with Gasteiger partial charge in [-0.2, -0.15) is 0 Å². The summed E-state index contributed by atoms with van der Waals surface area (Å²) in [5.41, 5.74) is 6.48. The van der Waals surface area contributed by atoms with E-state index in [9.17, 15) is 9.59 Å². The Kier molecular flexibility index (Phi) is 5.38. The minimum absolute atomic E-state index is 0.260. The molecule has 0 unspecified atom stereocenters. The van der Waals surface area contributed by atoms with Gasteiger partial charge >= 0.3 is 5.97 Å². The Morgan fingerprint density at radius 3 is 1.81 bits per heavy atom. The number of hydrogen-bond donors (Lipinski definition) is 2. The molecule has 4 aromatic heterocycles. The number of aromatic carboxylic acids is 1. The molecular weight excluding hydrogens is 417 g/mol. The Bertz CT molecular complexity index is 1050. The van der Waals surface area contributed by atoms with E-state index in [1.54, 1.807) is 30.6 Å². The summed E-state index contributed by atoms with van der Waals surface area (Å²) in [4.78, 5) is 30.3. The maximum atomic E-state index is 10.8. The number of carboxylic acid groups (broad SMARTS) is 1. The van der Waals surface area contributed by atoms with Gasteiger partial charge in [-0.05, 0) is 24.3 Å². The molecule has 0 radical (unpaired) electrons. The monoisotopic (exact) mass is 425 g/mol. The number of carboxylic acids is 1. The highest BCUT2D eigenvalue weighted by atomic mass is 35.5. The lowest BCUT2D eigenvalue weighted by Crippen LogP contribution is -2.08. The van der Waals surface area contributed by atoms with E-state index in [1.807, 2.05) is 0 Å². The Labute approximate surface area is 164 Å². The summed E-state index contributed by atoms with van der Waals surface area (Å²) in [6, 6.07) is 6.50. The van der Waals surface area contributed by atoms with Crippen molar-refractivity contribution in [1.82, 2.24) is 9.97 Å². The lowest BCUT2D eigenvalue weighted by molar-refractivity contribution is 0.0702. The Morgan fingerprint density at radius 2 is 1.38 bits per heavy atom. The van der Waals surface area contributed by atoms with Gasteiger partial charge in [-0.15, -0.1) is 22.7 Å². The first-order valence-electron chi connectivity index (χ1n) is 6.98. The van der Waals surface area contributed by atoms with Crippen LogP contribution in [0.4, 0.5) is 0 Å². The van der Waals surface area contributed by atoms with Crippen LogP contribution in [-0.4, -0.2) is 27.0 Å². The quantitative estimate of drug-likeness (QED) is 0.484. The van der Waals surface area contributed by atoms with Crippen LogP contribution in [0.3, 0.4) is 0 Å². The summed E-state index contributed by atoms with van der Waals surface area (Å²) >= 11 is 14.1. The predicted molar refractivity (Wildman–Crippen MR) is 105 cm³/mol. The van der Waals surface area contributed by atoms with Gasteiger partial charge in [0.1, 0.15) is 4.88 Å². The van der Waals surface area contributed by atoms with Crippen molar-refractivity contribution in [2.45, 2.75) is 0 Å². The van der Waals surface area contributed by atoms with Crippen LogP contribution in [0.15, 0.2) is 36.7 Å². The highest BCUT2D eigenvalue weighted by molar-refractivity contribution is 7.21. The number of carbonyl (C=O) groups excluding carboxylic acids is 1. The number of primary amides is 1. The lowest BCUT2D eigenvalue weighted by atomic mass is 10.3. The molecule has 0 fully saturated rings. The van der Waals surface area contributed by atoms with Gasteiger partial charge in [-0.3, -0.25) is 14.8 Å². The number of amides is 1. The third-order valence-electron chi connectivity index (χ3n) is 3.18. The molecule has 0 saturated carbocycles. The molecule has 4 rings (SSSR count). The van der Waals surface area contributed by atoms with Crippen molar-refractivity contribution < 1.29 is 14.7 Å². The normalized spacial score (nSPS) is 10.5.